The lowest BCUT2D eigenvalue weighted by Crippen LogP contribution is -1.74. The summed E-state index contributed by atoms with van der Waals surface area (Å²) in [5.41, 5.74) is 1.92. The number of fused-ring (bicyclic) bond motifs is 1. The Bertz CT molecular complexity index is 600. The monoisotopic (exact) mass is 263 g/mol. The Morgan fingerprint density at radius 1 is 1.27 bits per heavy atom. The molecule has 0 bridgehead atoms. The smallest absolute Gasteiger partial charge is 0.181 e. The highest BCUT2D eigenvalue weighted by atomic mass is 79.9. The topological polar surface area (TPSA) is 54.7 Å². The van der Waals surface area contributed by atoms with Gasteiger partial charge < -0.3 is 9.40 Å². The number of H-pyrrole nitrogens is 1. The summed E-state index contributed by atoms with van der Waals surface area (Å²) < 4.78 is 6.01. The van der Waals surface area contributed by atoms with Gasteiger partial charge >= 0.3 is 0 Å². The van der Waals surface area contributed by atoms with E-state index in [1.165, 1.54) is 6.39 Å². The molecule has 0 radical (unpaired) electrons. The molecular formula is C10H6BrN3O. The standard InChI is InChI=1S/C10H6BrN3O/c11-10-2-7-6(3-13-10)1-8(14-7)9-4-12-5-15-9/h1-5,14H. The molecule has 0 saturated heterocycles. The molecule has 3 aromatic heterocycles. The Labute approximate surface area is 93.5 Å². The molecule has 74 valence electrons. The second-order valence-electron chi connectivity index (χ2n) is 3.14. The van der Waals surface area contributed by atoms with Crippen molar-refractivity contribution in [2.45, 2.75) is 0 Å². The minimum absolute atomic E-state index is 0.724. The molecule has 0 aliphatic rings. The van der Waals surface area contributed by atoms with Crippen LogP contribution in [-0.4, -0.2) is 15.0 Å². The summed E-state index contributed by atoms with van der Waals surface area (Å²) in [6.45, 7) is 0. The summed E-state index contributed by atoms with van der Waals surface area (Å²) in [5.74, 6) is 0.724. The van der Waals surface area contributed by atoms with E-state index in [1.54, 1.807) is 12.4 Å². The van der Waals surface area contributed by atoms with E-state index in [-0.39, 0.29) is 0 Å². The van der Waals surface area contributed by atoms with Crippen molar-refractivity contribution < 1.29 is 4.42 Å². The first-order valence-corrected chi connectivity index (χ1v) is 5.15. The van der Waals surface area contributed by atoms with E-state index in [9.17, 15) is 0 Å². The molecule has 0 fully saturated rings. The second kappa shape index (κ2) is 3.20. The maximum Gasteiger partial charge on any atom is 0.181 e. The molecule has 0 spiro atoms. The van der Waals surface area contributed by atoms with Crippen molar-refractivity contribution in [3.8, 4) is 11.5 Å². The molecule has 1 N–H and O–H groups in total. The minimum Gasteiger partial charge on any atom is -0.442 e. The number of aromatic amines is 1. The van der Waals surface area contributed by atoms with Crippen molar-refractivity contribution in [3.05, 3.63) is 35.5 Å². The summed E-state index contributed by atoms with van der Waals surface area (Å²) in [4.78, 5) is 11.3. The van der Waals surface area contributed by atoms with Gasteiger partial charge in [0.05, 0.1) is 17.4 Å². The van der Waals surface area contributed by atoms with Gasteiger partial charge in [0.1, 0.15) is 4.60 Å². The van der Waals surface area contributed by atoms with Crippen LogP contribution in [0.25, 0.3) is 22.4 Å². The minimum atomic E-state index is 0.724. The van der Waals surface area contributed by atoms with Crippen molar-refractivity contribution >= 4 is 26.8 Å². The first kappa shape index (κ1) is 8.67. The molecule has 4 nitrogen and oxygen atoms in total. The SMILES string of the molecule is Brc1cc2[nH]c(-c3cnco3)cc2cn1. The molecule has 0 aromatic carbocycles. The fourth-order valence-electron chi connectivity index (χ4n) is 1.48. The van der Waals surface area contributed by atoms with Crippen molar-refractivity contribution in [2.24, 2.45) is 0 Å². The van der Waals surface area contributed by atoms with Crippen LogP contribution in [0.3, 0.4) is 0 Å². The molecule has 0 saturated carbocycles. The molecule has 5 heteroatoms. The Hall–Kier alpha value is -1.62. The van der Waals surface area contributed by atoms with Gasteiger partial charge in [0.2, 0.25) is 0 Å². The molecule has 0 aliphatic heterocycles. The largest absolute Gasteiger partial charge is 0.442 e. The van der Waals surface area contributed by atoms with Crippen LogP contribution in [0.1, 0.15) is 0 Å². The van der Waals surface area contributed by atoms with Crippen LogP contribution in [0.5, 0.6) is 0 Å². The van der Waals surface area contributed by atoms with Gasteiger partial charge in [-0.1, -0.05) is 0 Å². The van der Waals surface area contributed by atoms with Crippen molar-refractivity contribution in [3.63, 3.8) is 0 Å². The molecule has 0 atom stereocenters. The van der Waals surface area contributed by atoms with Crippen molar-refractivity contribution in [2.75, 3.05) is 0 Å². The van der Waals surface area contributed by atoms with Gasteiger partial charge in [-0.2, -0.15) is 0 Å². The molecule has 0 aliphatic carbocycles. The van der Waals surface area contributed by atoms with E-state index < -0.39 is 0 Å². The first-order valence-electron chi connectivity index (χ1n) is 4.36. The number of oxazole rings is 1. The quantitative estimate of drug-likeness (QED) is 0.687. The zero-order chi connectivity index (χ0) is 10.3. The lowest BCUT2D eigenvalue weighted by molar-refractivity contribution is 0.570. The van der Waals surface area contributed by atoms with Crippen LogP contribution in [0.15, 0.2) is 39.9 Å². The number of halogens is 1. The third-order valence-electron chi connectivity index (χ3n) is 2.17. The molecule has 3 rings (SSSR count). The fourth-order valence-corrected chi connectivity index (χ4v) is 1.81. The molecule has 3 aromatic rings. The van der Waals surface area contributed by atoms with E-state index in [0.29, 0.717) is 0 Å². The highest BCUT2D eigenvalue weighted by Crippen LogP contribution is 2.24. The normalized spacial score (nSPS) is 11.0. The van der Waals surface area contributed by atoms with Crippen LogP contribution >= 0.6 is 15.9 Å². The number of pyridine rings is 1. The van der Waals surface area contributed by atoms with Crippen molar-refractivity contribution in [1.82, 2.24) is 15.0 Å². The van der Waals surface area contributed by atoms with E-state index >= 15 is 0 Å². The summed E-state index contributed by atoms with van der Waals surface area (Å²) >= 11 is 3.32. The predicted octanol–water partition coefficient (Wildman–Crippen LogP) is 2.98. The molecule has 3 heterocycles. The van der Waals surface area contributed by atoms with Gasteiger partial charge in [-0.15, -0.1) is 0 Å². The first-order chi connectivity index (χ1) is 7.33. The van der Waals surface area contributed by atoms with Gasteiger partial charge in [-0.3, -0.25) is 0 Å². The maximum absolute atomic E-state index is 5.20. The third kappa shape index (κ3) is 1.45. The Morgan fingerprint density at radius 2 is 2.20 bits per heavy atom. The average Bonchev–Trinajstić information content (AvgIpc) is 2.84. The van der Waals surface area contributed by atoms with Crippen LogP contribution in [0, 0.1) is 0 Å². The number of rotatable bonds is 1. The zero-order valence-electron chi connectivity index (χ0n) is 7.57. The number of hydrogen-bond donors (Lipinski definition) is 1. The Kier molecular flexibility index (Phi) is 1.85. The average molecular weight is 264 g/mol. The van der Waals surface area contributed by atoms with E-state index in [4.69, 9.17) is 4.42 Å². The number of nitrogens with zero attached hydrogens (tertiary/aromatic N) is 2. The maximum atomic E-state index is 5.20. The molecule has 0 unspecified atom stereocenters. The highest BCUT2D eigenvalue weighted by molar-refractivity contribution is 9.10. The van der Waals surface area contributed by atoms with Crippen LogP contribution in [0.4, 0.5) is 0 Å². The van der Waals surface area contributed by atoms with E-state index in [1.807, 2.05) is 12.1 Å². The van der Waals surface area contributed by atoms with Gasteiger partial charge in [0, 0.05) is 11.6 Å². The highest BCUT2D eigenvalue weighted by Gasteiger charge is 2.06. The molecule has 0 amide bonds. The van der Waals surface area contributed by atoms with Gasteiger partial charge in [0.25, 0.3) is 0 Å². The summed E-state index contributed by atoms with van der Waals surface area (Å²) in [5, 5.41) is 1.05. The number of hydrogen-bond acceptors (Lipinski definition) is 3. The summed E-state index contributed by atoms with van der Waals surface area (Å²) in [6, 6.07) is 3.91. The van der Waals surface area contributed by atoms with Crippen LogP contribution in [0.2, 0.25) is 0 Å². The number of nitrogens with one attached hydrogen (secondary N) is 1. The zero-order valence-corrected chi connectivity index (χ0v) is 9.15. The number of aromatic nitrogens is 3. The van der Waals surface area contributed by atoms with Gasteiger partial charge in [0.15, 0.2) is 12.2 Å². The van der Waals surface area contributed by atoms with Crippen molar-refractivity contribution in [1.29, 1.82) is 0 Å². The summed E-state index contributed by atoms with van der Waals surface area (Å²) in [7, 11) is 0. The lowest BCUT2D eigenvalue weighted by atomic mass is 10.3. The molecular weight excluding hydrogens is 258 g/mol. The fraction of sp³-hybridized carbons (Fsp3) is 0. The van der Waals surface area contributed by atoms with Crippen LogP contribution in [-0.2, 0) is 0 Å². The van der Waals surface area contributed by atoms with E-state index in [0.717, 1.165) is 27.0 Å². The van der Waals surface area contributed by atoms with Gasteiger partial charge in [-0.05, 0) is 28.1 Å². The molecule has 15 heavy (non-hydrogen) atoms. The predicted molar refractivity (Wildman–Crippen MR) is 59.3 cm³/mol. The summed E-state index contributed by atoms with van der Waals surface area (Å²) in [6.07, 6.45) is 4.89. The van der Waals surface area contributed by atoms with Gasteiger partial charge in [-0.25, -0.2) is 9.97 Å². The Morgan fingerprint density at radius 3 is 3.00 bits per heavy atom. The third-order valence-corrected chi connectivity index (χ3v) is 2.60. The second-order valence-corrected chi connectivity index (χ2v) is 3.96. The van der Waals surface area contributed by atoms with E-state index in [2.05, 4.69) is 30.9 Å². The Balaban J connectivity index is 2.22. The van der Waals surface area contributed by atoms with Crippen LogP contribution < -0.4 is 0 Å². The lowest BCUT2D eigenvalue weighted by Gasteiger charge is -1.89.